The smallest absolute Gasteiger partial charge is 0.419 e. The van der Waals surface area contributed by atoms with E-state index in [1.54, 1.807) is 17.9 Å². The minimum Gasteiger partial charge on any atom is -0.496 e. The van der Waals surface area contributed by atoms with Gasteiger partial charge in [-0.05, 0) is 94.6 Å². The number of hydrogen-bond acceptors (Lipinski definition) is 7. The molecule has 0 bridgehead atoms. The van der Waals surface area contributed by atoms with Crippen LogP contribution >= 0.6 is 0 Å². The van der Waals surface area contributed by atoms with Gasteiger partial charge in [-0.15, -0.1) is 0 Å². The summed E-state index contributed by atoms with van der Waals surface area (Å²) in [4.78, 5) is 32.3. The van der Waals surface area contributed by atoms with Crippen molar-refractivity contribution in [3.63, 3.8) is 0 Å². The number of pyridine rings is 1. The number of aryl methyl sites for hydroxylation is 1. The third kappa shape index (κ3) is 6.04. The zero-order valence-corrected chi connectivity index (χ0v) is 25.2. The Morgan fingerprint density at radius 2 is 1.81 bits per heavy atom. The zero-order valence-electron chi connectivity index (χ0n) is 25.2. The maximum atomic E-state index is 13.1. The van der Waals surface area contributed by atoms with Crippen molar-refractivity contribution in [1.29, 1.82) is 0 Å². The topological polar surface area (TPSA) is 82.9 Å². The van der Waals surface area contributed by atoms with Gasteiger partial charge in [0.1, 0.15) is 11.4 Å². The van der Waals surface area contributed by atoms with Crippen molar-refractivity contribution < 1.29 is 23.8 Å². The van der Waals surface area contributed by atoms with Gasteiger partial charge in [0, 0.05) is 47.5 Å². The molecule has 0 aliphatic carbocycles. The van der Waals surface area contributed by atoms with E-state index in [1.165, 1.54) is 7.11 Å². The molecule has 3 heterocycles. The molecule has 8 heteroatoms. The highest BCUT2D eigenvalue weighted by molar-refractivity contribution is 5.95. The van der Waals surface area contributed by atoms with E-state index in [9.17, 15) is 9.59 Å². The van der Waals surface area contributed by atoms with Crippen LogP contribution < -0.4 is 4.74 Å². The molecule has 1 saturated heterocycles. The second-order valence-corrected chi connectivity index (χ2v) is 11.9. The van der Waals surface area contributed by atoms with E-state index in [0.717, 1.165) is 58.4 Å². The quantitative estimate of drug-likeness (QED) is 0.230. The molecule has 0 radical (unpaired) electrons. The Kier molecular flexibility index (Phi) is 8.36. The number of carbonyl (C=O) groups is 2. The molecule has 5 rings (SSSR count). The predicted molar refractivity (Wildman–Crippen MR) is 162 cm³/mol. The number of rotatable bonds is 6. The third-order valence-corrected chi connectivity index (χ3v) is 7.94. The summed E-state index contributed by atoms with van der Waals surface area (Å²) in [5.74, 6) is 0.740. The summed E-state index contributed by atoms with van der Waals surface area (Å²) in [6.45, 7) is 9.05. The molecule has 2 atom stereocenters. The van der Waals surface area contributed by atoms with Crippen LogP contribution in [0.3, 0.4) is 0 Å². The number of nitrogens with zero attached hydrogens (tertiary/aromatic N) is 3. The van der Waals surface area contributed by atoms with Gasteiger partial charge in [0.25, 0.3) is 0 Å². The number of ether oxygens (including phenoxy) is 3. The highest BCUT2D eigenvalue weighted by Gasteiger charge is 2.33. The van der Waals surface area contributed by atoms with Gasteiger partial charge in [-0.25, -0.2) is 9.59 Å². The number of aromatic nitrogens is 2. The summed E-state index contributed by atoms with van der Waals surface area (Å²) in [7, 11) is 3.08. The van der Waals surface area contributed by atoms with E-state index in [1.807, 2.05) is 82.4 Å². The summed E-state index contributed by atoms with van der Waals surface area (Å²) >= 11 is 0. The Balaban J connectivity index is 1.53. The van der Waals surface area contributed by atoms with Crippen LogP contribution in [0, 0.1) is 6.92 Å². The molecule has 1 aliphatic rings. The molecular weight excluding hydrogens is 530 g/mol. The first kappa shape index (κ1) is 29.3. The highest BCUT2D eigenvalue weighted by Crippen LogP contribution is 2.42. The number of benzene rings is 2. The molecule has 42 heavy (non-hydrogen) atoms. The number of esters is 1. The summed E-state index contributed by atoms with van der Waals surface area (Å²) < 4.78 is 18.1. The molecule has 220 valence electrons. The van der Waals surface area contributed by atoms with Crippen LogP contribution in [0.15, 0.2) is 67.0 Å². The van der Waals surface area contributed by atoms with E-state index in [2.05, 4.69) is 16.0 Å². The normalized spacial score (nSPS) is 17.7. The van der Waals surface area contributed by atoms with Crippen molar-refractivity contribution >= 4 is 23.0 Å². The van der Waals surface area contributed by atoms with E-state index in [4.69, 9.17) is 14.2 Å². The molecule has 2 aromatic carbocycles. The lowest BCUT2D eigenvalue weighted by atomic mass is 9.84. The molecule has 1 fully saturated rings. The lowest BCUT2D eigenvalue weighted by Gasteiger charge is -2.40. The van der Waals surface area contributed by atoms with Crippen LogP contribution in [0.5, 0.6) is 5.75 Å². The molecule has 2 aromatic heterocycles. The summed E-state index contributed by atoms with van der Waals surface area (Å²) in [5.41, 5.74) is 4.91. The average molecular weight is 570 g/mol. The fraction of sp³-hybridized carbons (Fsp3) is 0.382. The number of carbonyl (C=O) groups excluding carboxylic acids is 2. The Morgan fingerprint density at radius 1 is 1.05 bits per heavy atom. The maximum absolute atomic E-state index is 13.1. The molecule has 4 aromatic rings. The average Bonchev–Trinajstić information content (AvgIpc) is 3.44. The second-order valence-electron chi connectivity index (χ2n) is 11.9. The van der Waals surface area contributed by atoms with E-state index >= 15 is 0 Å². The summed E-state index contributed by atoms with van der Waals surface area (Å²) in [6, 6.07) is 17.8. The number of piperidine rings is 1. The largest absolute Gasteiger partial charge is 0.496 e. The Bertz CT molecular complexity index is 1570. The van der Waals surface area contributed by atoms with E-state index in [-0.39, 0.29) is 12.0 Å². The van der Waals surface area contributed by atoms with Crippen LogP contribution in [0.4, 0.5) is 4.79 Å². The van der Waals surface area contributed by atoms with Gasteiger partial charge in [0.05, 0.1) is 25.3 Å². The fourth-order valence-corrected chi connectivity index (χ4v) is 5.97. The molecule has 1 unspecified atom stereocenters. The highest BCUT2D eigenvalue weighted by atomic mass is 16.6. The first-order valence-corrected chi connectivity index (χ1v) is 14.3. The molecule has 0 saturated carbocycles. The fourth-order valence-electron chi connectivity index (χ4n) is 5.97. The van der Waals surface area contributed by atoms with Crippen LogP contribution in [0.25, 0.3) is 10.9 Å². The maximum Gasteiger partial charge on any atom is 0.419 e. The van der Waals surface area contributed by atoms with Crippen LogP contribution in [0.2, 0.25) is 0 Å². The Labute approximate surface area is 247 Å². The predicted octanol–water partition coefficient (Wildman–Crippen LogP) is 7.04. The monoisotopic (exact) mass is 569 g/mol. The lowest BCUT2D eigenvalue weighted by molar-refractivity contribution is 0.0542. The minimum atomic E-state index is -0.606. The van der Waals surface area contributed by atoms with Crippen molar-refractivity contribution in [3.05, 3.63) is 94.9 Å². The Hall–Kier alpha value is -4.17. The van der Waals surface area contributed by atoms with Crippen molar-refractivity contribution in [2.45, 2.75) is 64.6 Å². The van der Waals surface area contributed by atoms with Gasteiger partial charge in [-0.2, -0.15) is 0 Å². The molecular formula is C34H39N3O5. The third-order valence-electron chi connectivity index (χ3n) is 7.94. The van der Waals surface area contributed by atoms with Gasteiger partial charge in [-0.3, -0.25) is 14.5 Å². The number of methoxy groups -OCH3 is 2. The van der Waals surface area contributed by atoms with Gasteiger partial charge < -0.3 is 14.2 Å². The van der Waals surface area contributed by atoms with Gasteiger partial charge in [0.2, 0.25) is 0 Å². The van der Waals surface area contributed by atoms with Gasteiger partial charge in [-0.1, -0.05) is 18.2 Å². The van der Waals surface area contributed by atoms with Crippen molar-refractivity contribution in [3.8, 4) is 5.75 Å². The van der Waals surface area contributed by atoms with Crippen LogP contribution in [0.1, 0.15) is 78.3 Å². The first-order chi connectivity index (χ1) is 20.1. The number of likely N-dealkylation sites (tertiary alicyclic amines) is 1. The molecule has 0 spiro atoms. The SMILES string of the molecule is COC(=O)c1ccc([C@@H]2CC(c3ccccn3)CCN2Cc2c(OC)cc(C)c3c2ccn3C(=O)OC(C)(C)C)cc1. The standard InChI is InChI=1S/C34H39N3O5/c1-22-19-30(40-5)27(26-15-18-37(31(22)26)33(39)42-34(2,3)4)21-36-17-14-25(28-9-7-8-16-35-28)20-29(36)23-10-12-24(13-11-23)32(38)41-6/h7-13,15-16,18-19,25,29H,14,17,20-21H2,1-6H3/t25?,29-/m0/s1. The van der Waals surface area contributed by atoms with Crippen molar-refractivity contribution in [2.75, 3.05) is 20.8 Å². The van der Waals surface area contributed by atoms with Gasteiger partial charge in [0.15, 0.2) is 0 Å². The summed E-state index contributed by atoms with van der Waals surface area (Å²) in [5, 5.41) is 0.962. The van der Waals surface area contributed by atoms with Crippen LogP contribution in [-0.2, 0) is 16.0 Å². The van der Waals surface area contributed by atoms with Crippen molar-refractivity contribution in [2.24, 2.45) is 0 Å². The van der Waals surface area contributed by atoms with E-state index in [0.29, 0.717) is 18.0 Å². The minimum absolute atomic E-state index is 0.0754. The Morgan fingerprint density at radius 3 is 2.45 bits per heavy atom. The molecule has 1 aliphatic heterocycles. The number of fused-ring (bicyclic) bond motifs is 1. The molecule has 0 amide bonds. The number of hydrogen-bond donors (Lipinski definition) is 0. The van der Waals surface area contributed by atoms with Crippen molar-refractivity contribution in [1.82, 2.24) is 14.5 Å². The summed E-state index contributed by atoms with van der Waals surface area (Å²) in [6.07, 6.45) is 5.07. The van der Waals surface area contributed by atoms with Gasteiger partial charge >= 0.3 is 12.1 Å². The van der Waals surface area contributed by atoms with E-state index < -0.39 is 11.7 Å². The first-order valence-electron chi connectivity index (χ1n) is 14.3. The molecule has 8 nitrogen and oxygen atoms in total. The molecule has 0 N–H and O–H groups in total. The lowest BCUT2D eigenvalue weighted by Crippen LogP contribution is -2.36. The van der Waals surface area contributed by atoms with Crippen LogP contribution in [-0.4, -0.2) is 52.9 Å². The zero-order chi connectivity index (χ0) is 30.0. The second kappa shape index (κ2) is 12.0.